The van der Waals surface area contributed by atoms with E-state index in [0.717, 1.165) is 0 Å². The van der Waals surface area contributed by atoms with Gasteiger partial charge in [0, 0.05) is 18.3 Å². The van der Waals surface area contributed by atoms with Crippen molar-refractivity contribution in [3.05, 3.63) is 24.3 Å². The predicted molar refractivity (Wildman–Crippen MR) is 61.8 cm³/mol. The van der Waals surface area contributed by atoms with E-state index in [-0.39, 0.29) is 11.6 Å². The van der Waals surface area contributed by atoms with Crippen molar-refractivity contribution >= 4 is 23.4 Å². The zero-order chi connectivity index (χ0) is 14.5. The average Bonchev–Trinajstić information content (AvgIpc) is 2.25. The molecule has 19 heavy (non-hydrogen) atoms. The molecule has 8 heteroatoms. The van der Waals surface area contributed by atoms with Gasteiger partial charge < -0.3 is 10.1 Å². The lowest BCUT2D eigenvalue weighted by Crippen LogP contribution is -2.23. The van der Waals surface area contributed by atoms with Gasteiger partial charge in [0.15, 0.2) is 6.61 Å². The smallest absolute Gasteiger partial charge is 0.422 e. The summed E-state index contributed by atoms with van der Waals surface area (Å²) in [6.07, 6.45) is -5.80. The number of ether oxygens (including phenoxy) is 1. The van der Waals surface area contributed by atoms with Crippen LogP contribution in [-0.2, 0) is 9.53 Å². The molecule has 0 aliphatic carbocycles. The first kappa shape index (κ1) is 14.8. The van der Waals surface area contributed by atoms with E-state index < -0.39 is 18.9 Å². The van der Waals surface area contributed by atoms with Crippen LogP contribution in [0.4, 0.5) is 29.3 Å². The van der Waals surface area contributed by atoms with Crippen LogP contribution in [-0.4, -0.2) is 24.8 Å². The van der Waals surface area contributed by atoms with Gasteiger partial charge in [-0.2, -0.15) is 13.2 Å². The van der Waals surface area contributed by atoms with Crippen LogP contribution < -0.4 is 10.6 Å². The Bertz CT molecular complexity index is 474. The molecule has 0 fully saturated rings. The van der Waals surface area contributed by atoms with Gasteiger partial charge in [0.05, 0.1) is 0 Å². The van der Waals surface area contributed by atoms with Gasteiger partial charge in [0.25, 0.3) is 0 Å². The normalized spacial score (nSPS) is 10.7. The Balaban J connectivity index is 2.57. The average molecular weight is 276 g/mol. The second-order valence-corrected chi connectivity index (χ2v) is 3.58. The molecule has 104 valence electrons. The van der Waals surface area contributed by atoms with Gasteiger partial charge in [-0.25, -0.2) is 4.79 Å². The standard InChI is InChI=1S/C11H11F3N2O3/c1-7(17)15-8-3-2-4-9(5-8)16-10(18)19-6-11(12,13)14/h2-5H,6H2,1H3,(H,15,17)(H,16,18). The molecule has 0 atom stereocenters. The zero-order valence-corrected chi connectivity index (χ0v) is 9.88. The van der Waals surface area contributed by atoms with Crippen molar-refractivity contribution in [1.29, 1.82) is 0 Å². The van der Waals surface area contributed by atoms with E-state index in [9.17, 15) is 22.8 Å². The summed E-state index contributed by atoms with van der Waals surface area (Å²) in [5.41, 5.74) is 0.611. The minimum atomic E-state index is -4.57. The first-order valence-electron chi connectivity index (χ1n) is 5.14. The number of carbonyl (C=O) groups is 2. The lowest BCUT2D eigenvalue weighted by atomic mass is 10.3. The topological polar surface area (TPSA) is 67.4 Å². The van der Waals surface area contributed by atoms with Crippen molar-refractivity contribution in [3.63, 3.8) is 0 Å². The SMILES string of the molecule is CC(=O)Nc1cccc(NC(=O)OCC(F)(F)F)c1. The number of benzene rings is 1. The molecular weight excluding hydrogens is 265 g/mol. The van der Waals surface area contributed by atoms with Crippen LogP contribution in [0.2, 0.25) is 0 Å². The Hall–Kier alpha value is -2.25. The number of amides is 2. The van der Waals surface area contributed by atoms with Crippen molar-refractivity contribution in [3.8, 4) is 0 Å². The van der Waals surface area contributed by atoms with E-state index in [1.54, 1.807) is 6.07 Å². The van der Waals surface area contributed by atoms with Gasteiger partial charge in [0.1, 0.15) is 0 Å². The maximum atomic E-state index is 11.8. The maximum absolute atomic E-state index is 11.8. The molecule has 0 bridgehead atoms. The fourth-order valence-corrected chi connectivity index (χ4v) is 1.18. The van der Waals surface area contributed by atoms with Crippen LogP contribution in [0.3, 0.4) is 0 Å². The summed E-state index contributed by atoms with van der Waals surface area (Å²) in [5.74, 6) is -0.309. The third-order valence-corrected chi connectivity index (χ3v) is 1.80. The zero-order valence-electron chi connectivity index (χ0n) is 9.88. The molecule has 0 aromatic heterocycles. The minimum Gasteiger partial charge on any atom is -0.440 e. The van der Waals surface area contributed by atoms with E-state index in [1.807, 2.05) is 0 Å². The molecule has 1 aromatic carbocycles. The van der Waals surface area contributed by atoms with Crippen LogP contribution >= 0.6 is 0 Å². The Morgan fingerprint density at radius 1 is 1.21 bits per heavy atom. The molecule has 2 N–H and O–H groups in total. The van der Waals surface area contributed by atoms with Crippen molar-refractivity contribution in [1.82, 2.24) is 0 Å². The minimum absolute atomic E-state index is 0.207. The number of halogens is 3. The predicted octanol–water partition coefficient (Wildman–Crippen LogP) is 2.76. The summed E-state index contributed by atoms with van der Waals surface area (Å²) in [6.45, 7) is -0.359. The summed E-state index contributed by atoms with van der Waals surface area (Å²) >= 11 is 0. The number of rotatable bonds is 3. The van der Waals surface area contributed by atoms with Gasteiger partial charge >= 0.3 is 12.3 Å². The molecule has 0 spiro atoms. The fraction of sp³-hybridized carbons (Fsp3) is 0.273. The molecular formula is C11H11F3N2O3. The molecule has 1 rings (SSSR count). The summed E-state index contributed by atoms with van der Waals surface area (Å²) in [4.78, 5) is 21.9. The summed E-state index contributed by atoms with van der Waals surface area (Å²) in [5, 5.41) is 4.58. The molecule has 5 nitrogen and oxygen atoms in total. The van der Waals surface area contributed by atoms with Crippen LogP contribution in [0.5, 0.6) is 0 Å². The van der Waals surface area contributed by atoms with E-state index in [2.05, 4.69) is 15.4 Å². The molecule has 1 aromatic rings. The van der Waals surface area contributed by atoms with Crippen molar-refractivity contribution in [2.24, 2.45) is 0 Å². The maximum Gasteiger partial charge on any atom is 0.422 e. The highest BCUT2D eigenvalue weighted by Crippen LogP contribution is 2.17. The van der Waals surface area contributed by atoms with Gasteiger partial charge in [-0.1, -0.05) is 6.07 Å². The molecule has 0 aliphatic heterocycles. The largest absolute Gasteiger partial charge is 0.440 e. The summed E-state index contributed by atoms with van der Waals surface area (Å²) in [6, 6.07) is 5.91. The number of nitrogens with one attached hydrogen (secondary N) is 2. The van der Waals surface area contributed by atoms with Crippen LogP contribution in [0.15, 0.2) is 24.3 Å². The molecule has 0 unspecified atom stereocenters. The van der Waals surface area contributed by atoms with Gasteiger partial charge in [0.2, 0.25) is 5.91 Å². The summed E-state index contributed by atoms with van der Waals surface area (Å²) in [7, 11) is 0. The van der Waals surface area contributed by atoms with E-state index in [4.69, 9.17) is 0 Å². The van der Waals surface area contributed by atoms with Crippen molar-refractivity contribution in [2.45, 2.75) is 13.1 Å². The molecule has 0 heterocycles. The highest BCUT2D eigenvalue weighted by molar-refractivity contribution is 5.90. The van der Waals surface area contributed by atoms with Gasteiger partial charge in [-0.05, 0) is 18.2 Å². The van der Waals surface area contributed by atoms with Crippen LogP contribution in [0.25, 0.3) is 0 Å². The quantitative estimate of drug-likeness (QED) is 0.892. The first-order chi connectivity index (χ1) is 8.76. The van der Waals surface area contributed by atoms with Crippen LogP contribution in [0.1, 0.15) is 6.92 Å². The number of alkyl halides is 3. The third kappa shape index (κ3) is 6.29. The molecule has 2 amide bonds. The van der Waals surface area contributed by atoms with Gasteiger partial charge in [-0.15, -0.1) is 0 Å². The Morgan fingerprint density at radius 3 is 2.32 bits per heavy atom. The first-order valence-corrected chi connectivity index (χ1v) is 5.14. The number of hydrogen-bond acceptors (Lipinski definition) is 3. The highest BCUT2D eigenvalue weighted by atomic mass is 19.4. The lowest BCUT2D eigenvalue weighted by Gasteiger charge is -2.10. The lowest BCUT2D eigenvalue weighted by molar-refractivity contribution is -0.159. The van der Waals surface area contributed by atoms with Crippen LogP contribution in [0, 0.1) is 0 Å². The molecule has 0 saturated carbocycles. The Morgan fingerprint density at radius 2 is 1.79 bits per heavy atom. The van der Waals surface area contributed by atoms with Crippen molar-refractivity contribution in [2.75, 3.05) is 17.2 Å². The molecule has 0 radical (unpaired) electrons. The number of hydrogen-bond donors (Lipinski definition) is 2. The highest BCUT2D eigenvalue weighted by Gasteiger charge is 2.29. The Labute approximate surface area is 106 Å². The second-order valence-electron chi connectivity index (χ2n) is 3.58. The fourth-order valence-electron chi connectivity index (χ4n) is 1.18. The third-order valence-electron chi connectivity index (χ3n) is 1.80. The monoisotopic (exact) mass is 276 g/mol. The number of anilines is 2. The molecule has 0 saturated heterocycles. The van der Waals surface area contributed by atoms with E-state index >= 15 is 0 Å². The van der Waals surface area contributed by atoms with Gasteiger partial charge in [-0.3, -0.25) is 10.1 Å². The van der Waals surface area contributed by atoms with E-state index in [1.165, 1.54) is 25.1 Å². The Kier molecular flexibility index (Phi) is 4.74. The summed E-state index contributed by atoms with van der Waals surface area (Å²) < 4.78 is 39.4. The van der Waals surface area contributed by atoms with E-state index in [0.29, 0.717) is 5.69 Å². The molecule has 0 aliphatic rings. The second kappa shape index (κ2) is 6.07. The van der Waals surface area contributed by atoms with Crippen molar-refractivity contribution < 1.29 is 27.5 Å². The number of carbonyl (C=O) groups excluding carboxylic acids is 2.